The Hall–Kier alpha value is -1.17. The van der Waals surface area contributed by atoms with Crippen molar-refractivity contribution >= 4 is 0 Å². The number of aliphatic hydroxyl groups is 1. The minimum Gasteiger partial charge on any atom is -0.488 e. The Morgan fingerprint density at radius 2 is 2.35 bits per heavy atom. The van der Waals surface area contributed by atoms with E-state index in [9.17, 15) is 9.50 Å². The predicted molar refractivity (Wildman–Crippen MR) is 72.4 cm³/mol. The lowest BCUT2D eigenvalue weighted by atomic mass is 9.96. The van der Waals surface area contributed by atoms with Gasteiger partial charge < -0.3 is 19.9 Å². The lowest BCUT2D eigenvalue weighted by molar-refractivity contribution is -0.0269. The van der Waals surface area contributed by atoms with Crippen molar-refractivity contribution in [1.29, 1.82) is 0 Å². The third-order valence-corrected chi connectivity index (χ3v) is 4.23. The maximum Gasteiger partial charge on any atom is 0.123 e. The molecule has 2 aliphatic rings. The van der Waals surface area contributed by atoms with Crippen LogP contribution in [-0.4, -0.2) is 42.6 Å². The zero-order valence-corrected chi connectivity index (χ0v) is 11.6. The molecule has 0 amide bonds. The summed E-state index contributed by atoms with van der Waals surface area (Å²) in [6.45, 7) is 3.60. The van der Waals surface area contributed by atoms with E-state index in [0.29, 0.717) is 32.5 Å². The molecule has 2 N–H and O–H groups in total. The molecule has 2 aliphatic heterocycles. The van der Waals surface area contributed by atoms with Gasteiger partial charge in [0.2, 0.25) is 0 Å². The molecule has 3 rings (SSSR count). The third kappa shape index (κ3) is 2.66. The van der Waals surface area contributed by atoms with Crippen molar-refractivity contribution in [2.75, 3.05) is 19.7 Å². The Balaban J connectivity index is 1.49. The molecule has 4 nitrogen and oxygen atoms in total. The Labute approximate surface area is 117 Å². The Kier molecular flexibility index (Phi) is 3.67. The number of benzene rings is 1. The van der Waals surface area contributed by atoms with E-state index in [-0.39, 0.29) is 18.0 Å². The van der Waals surface area contributed by atoms with Crippen molar-refractivity contribution in [3.63, 3.8) is 0 Å². The maximum absolute atomic E-state index is 13.1. The maximum atomic E-state index is 13.1. The molecule has 1 aromatic carbocycles. The van der Waals surface area contributed by atoms with Crippen LogP contribution in [0.1, 0.15) is 18.9 Å². The van der Waals surface area contributed by atoms with E-state index < -0.39 is 5.60 Å². The van der Waals surface area contributed by atoms with Crippen molar-refractivity contribution in [1.82, 2.24) is 5.32 Å². The number of ether oxygens (including phenoxy) is 2. The fourth-order valence-electron chi connectivity index (χ4n) is 2.86. The van der Waals surface area contributed by atoms with E-state index >= 15 is 0 Å². The van der Waals surface area contributed by atoms with Crippen LogP contribution < -0.4 is 10.1 Å². The third-order valence-electron chi connectivity index (χ3n) is 4.23. The lowest BCUT2D eigenvalue weighted by Crippen LogP contribution is -2.47. The van der Waals surface area contributed by atoms with Gasteiger partial charge in [-0.25, -0.2) is 4.39 Å². The highest BCUT2D eigenvalue weighted by atomic mass is 19.1. The molecule has 110 valence electrons. The molecule has 20 heavy (non-hydrogen) atoms. The molecule has 0 radical (unpaired) electrons. The summed E-state index contributed by atoms with van der Waals surface area (Å²) in [6, 6.07) is 4.61. The van der Waals surface area contributed by atoms with E-state index in [4.69, 9.17) is 9.47 Å². The van der Waals surface area contributed by atoms with Crippen molar-refractivity contribution in [2.24, 2.45) is 0 Å². The fourth-order valence-corrected chi connectivity index (χ4v) is 2.86. The van der Waals surface area contributed by atoms with Crippen molar-refractivity contribution in [3.8, 4) is 5.75 Å². The molecule has 3 unspecified atom stereocenters. The molecule has 5 heteroatoms. The Bertz CT molecular complexity index is 496. The minimum atomic E-state index is -0.794. The van der Waals surface area contributed by atoms with E-state index in [1.54, 1.807) is 6.07 Å². The second-order valence-electron chi connectivity index (χ2n) is 5.69. The van der Waals surface area contributed by atoms with Gasteiger partial charge in [0.25, 0.3) is 0 Å². The van der Waals surface area contributed by atoms with Crippen LogP contribution in [0.3, 0.4) is 0 Å². The van der Waals surface area contributed by atoms with Gasteiger partial charge in [-0.05, 0) is 25.1 Å². The summed E-state index contributed by atoms with van der Waals surface area (Å²) < 4.78 is 24.3. The first-order chi connectivity index (χ1) is 9.57. The van der Waals surface area contributed by atoms with Crippen LogP contribution in [0.25, 0.3) is 0 Å². The Morgan fingerprint density at radius 3 is 3.10 bits per heavy atom. The predicted octanol–water partition coefficient (Wildman–Crippen LogP) is 1.26. The summed E-state index contributed by atoms with van der Waals surface area (Å²) in [5, 5.41) is 13.6. The summed E-state index contributed by atoms with van der Waals surface area (Å²) in [5.41, 5.74) is 0.116. The van der Waals surface area contributed by atoms with E-state index in [1.807, 2.05) is 6.92 Å². The fraction of sp³-hybridized carbons (Fsp3) is 0.600. The second-order valence-corrected chi connectivity index (χ2v) is 5.69. The summed E-state index contributed by atoms with van der Waals surface area (Å²) in [6.07, 6.45) is 1.20. The number of hydrogen-bond donors (Lipinski definition) is 2. The lowest BCUT2D eigenvalue weighted by Gasteiger charge is -2.26. The smallest absolute Gasteiger partial charge is 0.123 e. The van der Waals surface area contributed by atoms with Crippen LogP contribution >= 0.6 is 0 Å². The van der Waals surface area contributed by atoms with E-state index in [2.05, 4.69) is 5.32 Å². The zero-order chi connectivity index (χ0) is 14.2. The molecule has 1 aromatic rings. The van der Waals surface area contributed by atoms with Gasteiger partial charge in [0.15, 0.2) is 0 Å². The van der Waals surface area contributed by atoms with Crippen LogP contribution in [0.5, 0.6) is 5.75 Å². The second kappa shape index (κ2) is 5.31. The number of rotatable bonds is 4. The average Bonchev–Trinajstić information content (AvgIpc) is 2.94. The van der Waals surface area contributed by atoms with E-state index in [0.717, 1.165) is 11.3 Å². The van der Waals surface area contributed by atoms with Crippen molar-refractivity contribution < 1.29 is 19.0 Å². The largest absolute Gasteiger partial charge is 0.488 e. The molecule has 0 bridgehead atoms. The number of fused-ring (bicyclic) bond motifs is 1. The van der Waals surface area contributed by atoms with Crippen molar-refractivity contribution in [3.05, 3.63) is 29.6 Å². The van der Waals surface area contributed by atoms with Crippen LogP contribution in [0, 0.1) is 5.82 Å². The first kappa shape index (κ1) is 13.8. The van der Waals surface area contributed by atoms with E-state index in [1.165, 1.54) is 12.1 Å². The van der Waals surface area contributed by atoms with Gasteiger partial charge in [-0.2, -0.15) is 0 Å². The van der Waals surface area contributed by atoms with Gasteiger partial charge in [-0.1, -0.05) is 0 Å². The molecular formula is C15H20FNO3. The van der Waals surface area contributed by atoms with Crippen molar-refractivity contribution in [2.45, 2.75) is 37.6 Å². The van der Waals surface area contributed by atoms with Gasteiger partial charge in [0.1, 0.15) is 23.3 Å². The van der Waals surface area contributed by atoms with Crippen LogP contribution in [0.15, 0.2) is 18.2 Å². The summed E-state index contributed by atoms with van der Waals surface area (Å²) in [7, 11) is 0. The molecule has 0 spiro atoms. The molecular weight excluding hydrogens is 261 g/mol. The standard InChI is InChI=1S/C15H20FNO3/c1-10-15(18,4-5-19-10)9-17-8-13-7-11-6-12(16)2-3-14(11)20-13/h2-3,6,10,13,17-18H,4-5,7-9H2,1H3. The first-order valence-electron chi connectivity index (χ1n) is 7.07. The minimum absolute atomic E-state index is 0.00646. The van der Waals surface area contributed by atoms with Crippen LogP contribution in [-0.2, 0) is 11.2 Å². The quantitative estimate of drug-likeness (QED) is 0.872. The summed E-state index contributed by atoms with van der Waals surface area (Å²) >= 11 is 0. The van der Waals surface area contributed by atoms with Gasteiger partial charge in [-0.15, -0.1) is 0 Å². The zero-order valence-electron chi connectivity index (χ0n) is 11.6. The first-order valence-corrected chi connectivity index (χ1v) is 7.07. The summed E-state index contributed by atoms with van der Waals surface area (Å²) in [5.74, 6) is 0.529. The molecule has 0 aromatic heterocycles. The molecule has 1 saturated heterocycles. The molecule has 2 heterocycles. The van der Waals surface area contributed by atoms with Gasteiger partial charge in [0.05, 0.1) is 6.10 Å². The monoisotopic (exact) mass is 281 g/mol. The topological polar surface area (TPSA) is 50.7 Å². The average molecular weight is 281 g/mol. The molecule has 0 aliphatic carbocycles. The van der Waals surface area contributed by atoms with Crippen LogP contribution in [0.4, 0.5) is 4.39 Å². The van der Waals surface area contributed by atoms with Gasteiger partial charge >= 0.3 is 0 Å². The normalized spacial score (nSPS) is 32.1. The summed E-state index contributed by atoms with van der Waals surface area (Å²) in [4.78, 5) is 0. The van der Waals surface area contributed by atoms with Gasteiger partial charge in [-0.3, -0.25) is 0 Å². The Morgan fingerprint density at radius 1 is 1.50 bits per heavy atom. The van der Waals surface area contributed by atoms with Crippen LogP contribution in [0.2, 0.25) is 0 Å². The highest BCUT2D eigenvalue weighted by Crippen LogP contribution is 2.29. The number of halogens is 1. The number of hydrogen-bond acceptors (Lipinski definition) is 4. The SMILES string of the molecule is CC1OCCC1(O)CNCC1Cc2cc(F)ccc2O1. The molecule has 3 atom stereocenters. The van der Waals surface area contributed by atoms with Gasteiger partial charge in [0, 0.05) is 38.1 Å². The highest BCUT2D eigenvalue weighted by Gasteiger charge is 2.39. The molecule has 1 fully saturated rings. The number of nitrogens with one attached hydrogen (secondary N) is 1. The highest BCUT2D eigenvalue weighted by molar-refractivity contribution is 5.37. The molecule has 0 saturated carbocycles.